The van der Waals surface area contributed by atoms with Gasteiger partial charge in [0.1, 0.15) is 0 Å². The van der Waals surface area contributed by atoms with Crippen molar-refractivity contribution in [3.63, 3.8) is 0 Å². The van der Waals surface area contributed by atoms with Crippen LogP contribution < -0.4 is 0 Å². The van der Waals surface area contributed by atoms with Gasteiger partial charge >= 0.3 is 0 Å². The van der Waals surface area contributed by atoms with Gasteiger partial charge in [0.05, 0.1) is 5.76 Å². The van der Waals surface area contributed by atoms with E-state index in [-0.39, 0.29) is 43.5 Å². The summed E-state index contributed by atoms with van der Waals surface area (Å²) >= 11 is 0. The average Bonchev–Trinajstić information content (AvgIpc) is 3.46. The molecule has 4 nitrogen and oxygen atoms in total. The van der Waals surface area contributed by atoms with Gasteiger partial charge in [0.25, 0.3) is 0 Å². The Morgan fingerprint density at radius 3 is 2.29 bits per heavy atom. The Kier molecular flexibility index (Phi) is 11.1. The quantitative estimate of drug-likeness (QED) is 0.0413. The van der Waals surface area contributed by atoms with Crippen LogP contribution in [0, 0.1) is 17.9 Å². The molecule has 8 rings (SSSR count). The Morgan fingerprint density at radius 1 is 0.882 bits per heavy atom. The van der Waals surface area contributed by atoms with Crippen molar-refractivity contribution in [1.29, 1.82) is 0 Å². The Morgan fingerprint density at radius 2 is 1.59 bits per heavy atom. The maximum Gasteiger partial charge on any atom is 0.162 e. The number of allylic oxidation sites excluding steroid dienone is 2. The number of fused-ring (bicyclic) bond motifs is 7. The van der Waals surface area contributed by atoms with E-state index in [1.54, 1.807) is 0 Å². The number of aromatic nitrogens is 2. The van der Waals surface area contributed by atoms with Crippen molar-refractivity contribution in [2.45, 2.75) is 97.3 Å². The maximum absolute atomic E-state index is 11.7. The zero-order valence-electron chi connectivity index (χ0n) is 31.0. The number of rotatable bonds is 8. The molecule has 267 valence electrons. The van der Waals surface area contributed by atoms with Crippen molar-refractivity contribution in [3.8, 4) is 0 Å². The predicted octanol–water partition coefficient (Wildman–Crippen LogP) is 12.8. The number of benzene rings is 4. The first-order chi connectivity index (χ1) is 24.2. The van der Waals surface area contributed by atoms with Gasteiger partial charge in [-0.05, 0) is 84.5 Å². The topological polar surface area (TPSA) is 54.6 Å². The fourth-order valence-corrected chi connectivity index (χ4v) is 11.0. The largest absolute Gasteiger partial charge is 0.512 e. The van der Waals surface area contributed by atoms with Crippen LogP contribution in [0.2, 0.25) is 25.2 Å². The average molecular weight is 872 g/mol. The molecule has 1 radical (unpaired) electrons. The van der Waals surface area contributed by atoms with Crippen LogP contribution in [-0.2, 0) is 24.9 Å². The summed E-state index contributed by atoms with van der Waals surface area (Å²) in [4.78, 5) is 16.6. The van der Waals surface area contributed by atoms with E-state index in [9.17, 15) is 9.90 Å². The molecule has 0 saturated carbocycles. The SMILES string of the molecule is CCC(CC)C(=O)/C=C(\O)C(CC)CC.C[Si]1(C)CCC(c2ccc3c(c2)c2ccc4ccnc5c6[c-]c7ccccc7cc6n3c2c45)CC1.[Ir]. The summed E-state index contributed by atoms with van der Waals surface area (Å²) in [5, 5.41) is 18.4. The fourth-order valence-electron chi connectivity index (χ4n) is 8.50. The molecule has 1 fully saturated rings. The minimum absolute atomic E-state index is 0. The van der Waals surface area contributed by atoms with Crippen LogP contribution >= 0.6 is 0 Å². The molecule has 3 aromatic heterocycles. The van der Waals surface area contributed by atoms with E-state index in [0.29, 0.717) is 5.92 Å². The van der Waals surface area contributed by atoms with Crippen LogP contribution in [0.25, 0.3) is 59.8 Å². The molecule has 0 bridgehead atoms. The summed E-state index contributed by atoms with van der Waals surface area (Å²) in [6, 6.07) is 31.6. The van der Waals surface area contributed by atoms with Gasteiger partial charge in [0.15, 0.2) is 5.78 Å². The molecule has 1 N–H and O–H groups in total. The molecule has 0 atom stereocenters. The molecule has 1 saturated heterocycles. The molecule has 0 aliphatic carbocycles. The molecule has 7 aromatic rings. The molecule has 4 aromatic carbocycles. The number of carbonyl (C=O) groups excluding carboxylic acids is 1. The third-order valence-electron chi connectivity index (χ3n) is 11.8. The standard InChI is InChI=1S/C32H27N2Si.C13H24O2.Ir/c1-35(2)15-12-20(13-16-35)24-8-10-28-26(17-24)25-9-7-21-11-14-33-31-27-18-22-5-3-4-6-23(22)19-29(27)34(28)32(25)30(21)31;1-5-10(6-2)12(14)9-13(15)11(7-3)8-4;/h3-11,14,17,19-20H,12-13,15-16H2,1-2H3;9-11,14H,5-8H2,1-4H3;/q-1;;/b;12-9-;. The van der Waals surface area contributed by atoms with Gasteiger partial charge in [-0.1, -0.05) is 106 Å². The van der Waals surface area contributed by atoms with Crippen molar-refractivity contribution < 1.29 is 30.0 Å². The van der Waals surface area contributed by atoms with Crippen LogP contribution in [0.5, 0.6) is 0 Å². The van der Waals surface area contributed by atoms with Gasteiger partial charge < -0.3 is 9.51 Å². The first-order valence-electron chi connectivity index (χ1n) is 18.9. The summed E-state index contributed by atoms with van der Waals surface area (Å²) in [5.74, 6) is 1.25. The van der Waals surface area contributed by atoms with E-state index >= 15 is 0 Å². The van der Waals surface area contributed by atoms with Crippen molar-refractivity contribution in [3.05, 3.63) is 96.4 Å². The van der Waals surface area contributed by atoms with E-state index in [1.165, 1.54) is 80.1 Å². The second-order valence-electron chi connectivity index (χ2n) is 15.4. The Balaban J connectivity index is 0.000000241. The van der Waals surface area contributed by atoms with E-state index in [2.05, 4.69) is 90.3 Å². The Labute approximate surface area is 317 Å². The molecule has 0 spiro atoms. The normalized spacial score (nSPS) is 15.4. The first kappa shape index (κ1) is 37.2. The summed E-state index contributed by atoms with van der Waals surface area (Å²) in [6.07, 6.45) is 9.55. The van der Waals surface area contributed by atoms with E-state index in [1.807, 2.05) is 33.9 Å². The summed E-state index contributed by atoms with van der Waals surface area (Å²) in [7, 11) is -0.965. The zero-order valence-corrected chi connectivity index (χ0v) is 34.4. The number of pyridine rings is 2. The Hall–Kier alpha value is -3.57. The summed E-state index contributed by atoms with van der Waals surface area (Å²) in [6.45, 7) is 13.2. The van der Waals surface area contributed by atoms with E-state index < -0.39 is 8.07 Å². The maximum atomic E-state index is 11.7. The third kappa shape index (κ3) is 6.88. The van der Waals surface area contributed by atoms with Gasteiger partial charge in [-0.25, -0.2) is 0 Å². The number of aliphatic hydroxyl groups excluding tert-OH is 1. The van der Waals surface area contributed by atoms with Gasteiger partial charge in [0, 0.05) is 79.6 Å². The second kappa shape index (κ2) is 15.2. The van der Waals surface area contributed by atoms with Crippen LogP contribution in [0.3, 0.4) is 0 Å². The summed E-state index contributed by atoms with van der Waals surface area (Å²) < 4.78 is 2.49. The number of hydrogen-bond donors (Lipinski definition) is 1. The van der Waals surface area contributed by atoms with E-state index in [0.717, 1.165) is 42.0 Å². The van der Waals surface area contributed by atoms with Gasteiger partial charge in [-0.2, -0.15) is 0 Å². The van der Waals surface area contributed by atoms with Crippen LogP contribution in [0.4, 0.5) is 0 Å². The number of ketones is 1. The van der Waals surface area contributed by atoms with Crippen molar-refractivity contribution in [1.82, 2.24) is 9.38 Å². The van der Waals surface area contributed by atoms with Gasteiger partial charge in [-0.3, -0.25) is 9.78 Å². The second-order valence-corrected chi connectivity index (χ2v) is 20.7. The molecule has 51 heavy (non-hydrogen) atoms. The Bertz CT molecular complexity index is 2360. The molecule has 1 aliphatic heterocycles. The smallest absolute Gasteiger partial charge is 0.162 e. The van der Waals surface area contributed by atoms with Crippen LogP contribution in [-0.4, -0.2) is 28.3 Å². The van der Waals surface area contributed by atoms with E-state index in [4.69, 9.17) is 4.98 Å². The van der Waals surface area contributed by atoms with Crippen LogP contribution in [0.1, 0.15) is 77.7 Å². The number of nitrogens with zero attached hydrogens (tertiary/aromatic N) is 2. The zero-order chi connectivity index (χ0) is 35.2. The fraction of sp³-hybridized carbons (Fsp3) is 0.378. The third-order valence-corrected chi connectivity index (χ3v) is 15.1. The number of carbonyl (C=O) groups is 1. The van der Waals surface area contributed by atoms with Crippen molar-refractivity contribution >= 4 is 73.6 Å². The monoisotopic (exact) mass is 872 g/mol. The molecule has 0 unspecified atom stereocenters. The summed E-state index contributed by atoms with van der Waals surface area (Å²) in [5.41, 5.74) is 6.37. The number of aliphatic hydroxyl groups is 1. The first-order valence-corrected chi connectivity index (χ1v) is 22.3. The predicted molar refractivity (Wildman–Crippen MR) is 216 cm³/mol. The molecule has 0 amide bonds. The molecular weight excluding hydrogens is 821 g/mol. The minimum Gasteiger partial charge on any atom is -0.512 e. The van der Waals surface area contributed by atoms with Crippen LogP contribution in [0.15, 0.2) is 84.8 Å². The molecule has 6 heteroatoms. The number of hydrogen-bond acceptors (Lipinski definition) is 3. The van der Waals surface area contributed by atoms with Crippen molar-refractivity contribution in [2.24, 2.45) is 11.8 Å². The molecular formula is C45H51IrN2O2Si-. The molecule has 4 heterocycles. The van der Waals surface area contributed by atoms with Gasteiger partial charge in [-0.15, -0.1) is 17.5 Å². The van der Waals surface area contributed by atoms with Crippen molar-refractivity contribution in [2.75, 3.05) is 0 Å². The molecule has 1 aliphatic rings. The van der Waals surface area contributed by atoms with Gasteiger partial charge in [0.2, 0.25) is 0 Å². The minimum atomic E-state index is -0.965.